The molecule has 0 aliphatic carbocycles. The minimum atomic E-state index is 0.00893. The molecule has 6 nitrogen and oxygen atoms in total. The van der Waals surface area contributed by atoms with Crippen LogP contribution in [-0.4, -0.2) is 60.3 Å². The van der Waals surface area contributed by atoms with Gasteiger partial charge in [-0.2, -0.15) is 0 Å². The number of hydrogen-bond acceptors (Lipinski definition) is 4. The average molecular weight is 332 g/mol. The zero-order valence-corrected chi connectivity index (χ0v) is 14.7. The SMILES string of the molecule is CN(C)C(=O)CCCC(=O)NCC(c1cccnc1)N1CCCC1. The van der Waals surface area contributed by atoms with E-state index in [1.165, 1.54) is 12.8 Å². The molecule has 1 aliphatic heterocycles. The first-order valence-electron chi connectivity index (χ1n) is 8.68. The Balaban J connectivity index is 1.82. The molecular weight excluding hydrogens is 304 g/mol. The van der Waals surface area contributed by atoms with Crippen LogP contribution in [0.3, 0.4) is 0 Å². The summed E-state index contributed by atoms with van der Waals surface area (Å²) in [4.78, 5) is 31.8. The lowest BCUT2D eigenvalue weighted by atomic mass is 10.1. The Bertz CT molecular complexity index is 527. The van der Waals surface area contributed by atoms with E-state index in [4.69, 9.17) is 0 Å². The molecule has 1 saturated heterocycles. The Kier molecular flexibility index (Phi) is 7.18. The molecule has 1 aromatic rings. The van der Waals surface area contributed by atoms with E-state index >= 15 is 0 Å². The molecule has 24 heavy (non-hydrogen) atoms. The molecule has 0 aromatic carbocycles. The highest BCUT2D eigenvalue weighted by atomic mass is 16.2. The van der Waals surface area contributed by atoms with Gasteiger partial charge in [-0.05, 0) is 44.0 Å². The molecule has 1 unspecified atom stereocenters. The van der Waals surface area contributed by atoms with Gasteiger partial charge in [0, 0.05) is 45.9 Å². The highest BCUT2D eigenvalue weighted by molar-refractivity contribution is 5.78. The zero-order valence-electron chi connectivity index (χ0n) is 14.7. The van der Waals surface area contributed by atoms with Crippen molar-refractivity contribution < 1.29 is 9.59 Å². The number of carbonyl (C=O) groups is 2. The van der Waals surface area contributed by atoms with Crippen molar-refractivity contribution in [3.8, 4) is 0 Å². The summed E-state index contributed by atoms with van der Waals surface area (Å²) >= 11 is 0. The fourth-order valence-electron chi connectivity index (χ4n) is 3.01. The van der Waals surface area contributed by atoms with Gasteiger partial charge >= 0.3 is 0 Å². The van der Waals surface area contributed by atoms with Crippen LogP contribution in [0.1, 0.15) is 43.7 Å². The summed E-state index contributed by atoms with van der Waals surface area (Å²) in [6.45, 7) is 2.71. The molecule has 0 bridgehead atoms. The molecular formula is C18H28N4O2. The van der Waals surface area contributed by atoms with Crippen LogP contribution < -0.4 is 5.32 Å². The van der Waals surface area contributed by atoms with Crippen molar-refractivity contribution in [3.05, 3.63) is 30.1 Å². The average Bonchev–Trinajstić information content (AvgIpc) is 3.10. The van der Waals surface area contributed by atoms with Crippen LogP contribution in [-0.2, 0) is 9.59 Å². The minimum Gasteiger partial charge on any atom is -0.354 e. The Morgan fingerprint density at radius 2 is 2.04 bits per heavy atom. The lowest BCUT2D eigenvalue weighted by Gasteiger charge is -2.28. The van der Waals surface area contributed by atoms with Gasteiger partial charge in [0.25, 0.3) is 0 Å². The third kappa shape index (κ3) is 5.60. The van der Waals surface area contributed by atoms with Crippen molar-refractivity contribution in [3.63, 3.8) is 0 Å². The summed E-state index contributed by atoms with van der Waals surface area (Å²) < 4.78 is 0. The Hall–Kier alpha value is -1.95. The Morgan fingerprint density at radius 1 is 1.29 bits per heavy atom. The van der Waals surface area contributed by atoms with Gasteiger partial charge in [-0.25, -0.2) is 0 Å². The van der Waals surface area contributed by atoms with E-state index in [1.54, 1.807) is 25.2 Å². The zero-order chi connectivity index (χ0) is 17.4. The molecule has 1 fully saturated rings. The molecule has 2 heterocycles. The van der Waals surface area contributed by atoms with Gasteiger partial charge in [0.2, 0.25) is 11.8 Å². The van der Waals surface area contributed by atoms with Crippen LogP contribution in [0.2, 0.25) is 0 Å². The second kappa shape index (κ2) is 9.37. The van der Waals surface area contributed by atoms with E-state index in [0.29, 0.717) is 25.8 Å². The molecule has 1 aliphatic rings. The van der Waals surface area contributed by atoms with Crippen LogP contribution >= 0.6 is 0 Å². The number of aromatic nitrogens is 1. The maximum atomic E-state index is 12.1. The van der Waals surface area contributed by atoms with Crippen LogP contribution in [0, 0.1) is 0 Å². The molecule has 132 valence electrons. The number of hydrogen-bond donors (Lipinski definition) is 1. The normalized spacial score (nSPS) is 15.9. The first-order chi connectivity index (χ1) is 11.6. The number of pyridine rings is 1. The largest absolute Gasteiger partial charge is 0.354 e. The van der Waals surface area contributed by atoms with E-state index in [-0.39, 0.29) is 17.9 Å². The molecule has 0 spiro atoms. The quantitative estimate of drug-likeness (QED) is 0.785. The van der Waals surface area contributed by atoms with Gasteiger partial charge in [-0.1, -0.05) is 6.07 Å². The second-order valence-electron chi connectivity index (χ2n) is 6.49. The molecule has 0 radical (unpaired) electrons. The van der Waals surface area contributed by atoms with Crippen molar-refractivity contribution in [1.82, 2.24) is 20.1 Å². The summed E-state index contributed by atoms with van der Waals surface area (Å²) in [6.07, 6.45) is 7.45. The summed E-state index contributed by atoms with van der Waals surface area (Å²) in [6, 6.07) is 4.18. The number of amides is 2. The minimum absolute atomic E-state index is 0.00893. The molecule has 6 heteroatoms. The van der Waals surface area contributed by atoms with Gasteiger partial charge in [-0.15, -0.1) is 0 Å². The van der Waals surface area contributed by atoms with Crippen molar-refractivity contribution in [2.45, 2.75) is 38.1 Å². The molecule has 0 saturated carbocycles. The van der Waals surface area contributed by atoms with Crippen molar-refractivity contribution in [2.75, 3.05) is 33.7 Å². The summed E-state index contributed by atoms with van der Waals surface area (Å²) in [7, 11) is 3.47. The van der Waals surface area contributed by atoms with Crippen molar-refractivity contribution >= 4 is 11.8 Å². The van der Waals surface area contributed by atoms with Crippen LogP contribution in [0.15, 0.2) is 24.5 Å². The molecule has 1 N–H and O–H groups in total. The smallest absolute Gasteiger partial charge is 0.222 e. The van der Waals surface area contributed by atoms with Gasteiger partial charge in [0.05, 0.1) is 6.04 Å². The van der Waals surface area contributed by atoms with E-state index in [0.717, 1.165) is 18.7 Å². The predicted molar refractivity (Wildman–Crippen MR) is 93.3 cm³/mol. The van der Waals surface area contributed by atoms with Crippen molar-refractivity contribution in [1.29, 1.82) is 0 Å². The summed E-state index contributed by atoms with van der Waals surface area (Å²) in [5, 5.41) is 3.03. The van der Waals surface area contributed by atoms with E-state index in [1.807, 2.05) is 12.3 Å². The van der Waals surface area contributed by atoms with Crippen molar-refractivity contribution in [2.24, 2.45) is 0 Å². The second-order valence-corrected chi connectivity index (χ2v) is 6.49. The summed E-state index contributed by atoms with van der Waals surface area (Å²) in [5.74, 6) is 0.0720. The Morgan fingerprint density at radius 3 is 2.67 bits per heavy atom. The standard InChI is InChI=1S/C18H28N4O2/c1-21(2)18(24)9-5-8-17(23)20-14-16(22-11-3-4-12-22)15-7-6-10-19-13-15/h6-7,10,13,16H,3-5,8-9,11-12,14H2,1-2H3,(H,20,23). The van der Waals surface area contributed by atoms with Gasteiger partial charge in [0.15, 0.2) is 0 Å². The predicted octanol–water partition coefficient (Wildman–Crippen LogP) is 1.59. The number of carbonyl (C=O) groups excluding carboxylic acids is 2. The summed E-state index contributed by atoms with van der Waals surface area (Å²) in [5.41, 5.74) is 1.14. The van der Waals surface area contributed by atoms with Gasteiger partial charge < -0.3 is 10.2 Å². The van der Waals surface area contributed by atoms with E-state index in [9.17, 15) is 9.59 Å². The first-order valence-corrected chi connectivity index (χ1v) is 8.68. The van der Waals surface area contributed by atoms with Crippen LogP contribution in [0.25, 0.3) is 0 Å². The highest BCUT2D eigenvalue weighted by Gasteiger charge is 2.24. The monoisotopic (exact) mass is 332 g/mol. The Labute approximate surface area is 144 Å². The number of likely N-dealkylation sites (tertiary alicyclic amines) is 1. The lowest BCUT2D eigenvalue weighted by Crippen LogP contribution is -2.36. The molecule has 1 atom stereocenters. The fraction of sp³-hybridized carbons (Fsp3) is 0.611. The van der Waals surface area contributed by atoms with E-state index < -0.39 is 0 Å². The maximum absolute atomic E-state index is 12.1. The lowest BCUT2D eigenvalue weighted by molar-refractivity contribution is -0.129. The van der Waals surface area contributed by atoms with E-state index in [2.05, 4.69) is 21.3 Å². The third-order valence-corrected chi connectivity index (χ3v) is 4.44. The number of nitrogens with one attached hydrogen (secondary N) is 1. The number of rotatable bonds is 8. The molecule has 2 rings (SSSR count). The van der Waals surface area contributed by atoms with Gasteiger partial charge in [-0.3, -0.25) is 19.5 Å². The topological polar surface area (TPSA) is 65.5 Å². The van der Waals surface area contributed by atoms with Crippen LogP contribution in [0.5, 0.6) is 0 Å². The van der Waals surface area contributed by atoms with Gasteiger partial charge in [0.1, 0.15) is 0 Å². The third-order valence-electron chi connectivity index (χ3n) is 4.44. The first kappa shape index (κ1) is 18.4. The number of nitrogens with zero attached hydrogens (tertiary/aromatic N) is 3. The highest BCUT2D eigenvalue weighted by Crippen LogP contribution is 2.23. The fourth-order valence-corrected chi connectivity index (χ4v) is 3.01. The maximum Gasteiger partial charge on any atom is 0.222 e. The molecule has 2 amide bonds. The molecule has 1 aromatic heterocycles. The van der Waals surface area contributed by atoms with Crippen LogP contribution in [0.4, 0.5) is 0 Å².